The van der Waals surface area contributed by atoms with Crippen molar-refractivity contribution in [3.63, 3.8) is 0 Å². The number of aromatic nitrogens is 4. The van der Waals surface area contributed by atoms with E-state index in [-0.39, 0.29) is 23.9 Å². The minimum absolute atomic E-state index is 0.00593. The van der Waals surface area contributed by atoms with Gasteiger partial charge in [-0.2, -0.15) is 5.10 Å². The average Bonchev–Trinajstić information content (AvgIpc) is 3.04. The van der Waals surface area contributed by atoms with E-state index >= 15 is 0 Å². The molecule has 2 heterocycles. The zero-order chi connectivity index (χ0) is 18.1. The van der Waals surface area contributed by atoms with E-state index in [1.165, 1.54) is 16.6 Å². The fraction of sp³-hybridized carbons (Fsp3) is 0.368. The summed E-state index contributed by atoms with van der Waals surface area (Å²) in [5.74, 6) is -0.0632. The molecule has 0 fully saturated rings. The summed E-state index contributed by atoms with van der Waals surface area (Å²) in [4.78, 5) is 29.2. The number of nitrogens with zero attached hydrogens (tertiary/aromatic N) is 4. The first-order valence-electron chi connectivity index (χ1n) is 8.88. The predicted molar refractivity (Wildman–Crippen MR) is 97.6 cm³/mol. The fourth-order valence-electron chi connectivity index (χ4n) is 3.61. The maximum atomic E-state index is 12.5. The van der Waals surface area contributed by atoms with Gasteiger partial charge in [-0.25, -0.2) is 4.98 Å². The summed E-state index contributed by atoms with van der Waals surface area (Å²) in [5, 5.41) is 7.96. The molecule has 0 saturated carbocycles. The lowest BCUT2D eigenvalue weighted by Crippen LogP contribution is -2.32. The van der Waals surface area contributed by atoms with E-state index in [4.69, 9.17) is 0 Å². The zero-order valence-electron chi connectivity index (χ0n) is 14.7. The normalized spacial score (nSPS) is 16.4. The summed E-state index contributed by atoms with van der Waals surface area (Å²) in [7, 11) is 1.93. The number of nitrogens with one attached hydrogen (secondary N) is 1. The smallest absolute Gasteiger partial charge is 0.261 e. The van der Waals surface area contributed by atoms with Crippen LogP contribution in [0.1, 0.15) is 36.6 Å². The molecule has 4 rings (SSSR count). The van der Waals surface area contributed by atoms with Crippen LogP contribution in [-0.4, -0.2) is 25.2 Å². The second-order valence-corrected chi connectivity index (χ2v) is 6.69. The molecule has 1 amide bonds. The van der Waals surface area contributed by atoms with Crippen LogP contribution in [0.4, 0.5) is 0 Å². The maximum absolute atomic E-state index is 12.5. The third kappa shape index (κ3) is 3.00. The van der Waals surface area contributed by atoms with Crippen LogP contribution in [0.15, 0.2) is 41.6 Å². The summed E-state index contributed by atoms with van der Waals surface area (Å²) in [6.45, 7) is 0.315. The largest absolute Gasteiger partial charge is 0.349 e. The van der Waals surface area contributed by atoms with Crippen LogP contribution in [0.5, 0.6) is 0 Å². The summed E-state index contributed by atoms with van der Waals surface area (Å²) in [6.07, 6.45) is 6.55. The Kier molecular flexibility index (Phi) is 4.28. The first kappa shape index (κ1) is 16.5. The van der Waals surface area contributed by atoms with Crippen LogP contribution in [0, 0.1) is 0 Å². The lowest BCUT2D eigenvalue weighted by atomic mass is 9.93. The van der Waals surface area contributed by atoms with Crippen molar-refractivity contribution in [1.82, 2.24) is 24.6 Å². The molecule has 0 bridgehead atoms. The fourth-order valence-corrected chi connectivity index (χ4v) is 3.61. The number of rotatable bonds is 4. The monoisotopic (exact) mass is 351 g/mol. The van der Waals surface area contributed by atoms with E-state index < -0.39 is 0 Å². The van der Waals surface area contributed by atoms with Gasteiger partial charge in [0.05, 0.1) is 29.5 Å². The molecule has 3 aromatic rings. The summed E-state index contributed by atoms with van der Waals surface area (Å²) in [6, 6.07) is 7.24. The van der Waals surface area contributed by atoms with E-state index in [0.717, 1.165) is 24.8 Å². The lowest BCUT2D eigenvalue weighted by Gasteiger charge is -2.23. The van der Waals surface area contributed by atoms with E-state index in [1.54, 1.807) is 6.07 Å². The molecule has 2 aromatic heterocycles. The molecule has 1 N–H and O–H groups in total. The molecule has 0 spiro atoms. The van der Waals surface area contributed by atoms with Crippen molar-refractivity contribution < 1.29 is 4.79 Å². The van der Waals surface area contributed by atoms with Gasteiger partial charge < -0.3 is 5.32 Å². The molecule has 0 radical (unpaired) electrons. The Morgan fingerprint density at radius 1 is 1.35 bits per heavy atom. The van der Waals surface area contributed by atoms with Crippen molar-refractivity contribution in [3.8, 4) is 0 Å². The summed E-state index contributed by atoms with van der Waals surface area (Å²) in [5.41, 5.74) is 2.85. The van der Waals surface area contributed by atoms with Crippen molar-refractivity contribution in [1.29, 1.82) is 0 Å². The van der Waals surface area contributed by atoms with Crippen molar-refractivity contribution in [2.75, 3.05) is 0 Å². The van der Waals surface area contributed by atoms with Gasteiger partial charge in [-0.15, -0.1) is 0 Å². The highest BCUT2D eigenvalue weighted by Gasteiger charge is 2.24. The van der Waals surface area contributed by atoms with Crippen molar-refractivity contribution >= 4 is 16.8 Å². The maximum Gasteiger partial charge on any atom is 0.261 e. The Morgan fingerprint density at radius 2 is 2.19 bits per heavy atom. The third-order valence-electron chi connectivity index (χ3n) is 5.02. The summed E-state index contributed by atoms with van der Waals surface area (Å²) >= 11 is 0. The average molecular weight is 351 g/mol. The van der Waals surface area contributed by atoms with Crippen LogP contribution >= 0.6 is 0 Å². The molecule has 1 aliphatic rings. The van der Waals surface area contributed by atoms with E-state index in [9.17, 15) is 9.59 Å². The Balaban J connectivity index is 1.44. The van der Waals surface area contributed by atoms with E-state index in [0.29, 0.717) is 17.4 Å². The van der Waals surface area contributed by atoms with Gasteiger partial charge in [0.25, 0.3) is 5.56 Å². The van der Waals surface area contributed by atoms with Gasteiger partial charge in [-0.3, -0.25) is 18.8 Å². The minimum atomic E-state index is -0.115. The number of hydrogen-bond donors (Lipinski definition) is 1. The van der Waals surface area contributed by atoms with Crippen LogP contribution in [0.25, 0.3) is 10.9 Å². The topological polar surface area (TPSA) is 81.8 Å². The number of amides is 1. The molecule has 1 unspecified atom stereocenters. The molecule has 1 aliphatic carbocycles. The summed E-state index contributed by atoms with van der Waals surface area (Å²) < 4.78 is 3.38. The lowest BCUT2D eigenvalue weighted by molar-refractivity contribution is -0.122. The third-order valence-corrected chi connectivity index (χ3v) is 5.02. The number of hydrogen-bond acceptors (Lipinski definition) is 4. The van der Waals surface area contributed by atoms with Gasteiger partial charge in [0.1, 0.15) is 0 Å². The molecule has 7 nitrogen and oxygen atoms in total. The van der Waals surface area contributed by atoms with Crippen molar-refractivity contribution in [2.45, 2.75) is 38.3 Å². The Morgan fingerprint density at radius 3 is 3.08 bits per heavy atom. The van der Waals surface area contributed by atoms with Gasteiger partial charge >= 0.3 is 0 Å². The van der Waals surface area contributed by atoms with Gasteiger partial charge in [0, 0.05) is 31.3 Å². The molecule has 1 aromatic carbocycles. The van der Waals surface area contributed by atoms with E-state index in [2.05, 4.69) is 15.4 Å². The van der Waals surface area contributed by atoms with Gasteiger partial charge in [0.15, 0.2) is 0 Å². The molecular formula is C19H21N5O2. The SMILES string of the molecule is Cn1ncc2c1CCCC2NC(=O)CCn1cnc2ccccc2c1=O. The number of carbonyl (C=O) groups excluding carboxylic acids is 1. The van der Waals surface area contributed by atoms with Gasteiger partial charge in [0.2, 0.25) is 5.91 Å². The Hall–Kier alpha value is -2.96. The second kappa shape index (κ2) is 6.74. The second-order valence-electron chi connectivity index (χ2n) is 6.69. The minimum Gasteiger partial charge on any atom is -0.349 e. The van der Waals surface area contributed by atoms with Crippen LogP contribution < -0.4 is 10.9 Å². The Labute approximate surface area is 150 Å². The first-order valence-corrected chi connectivity index (χ1v) is 8.88. The highest BCUT2D eigenvalue weighted by Crippen LogP contribution is 2.29. The molecule has 7 heteroatoms. The highest BCUT2D eigenvalue weighted by atomic mass is 16.2. The Bertz CT molecular complexity index is 1020. The number of aryl methyl sites for hydroxylation is 2. The van der Waals surface area contributed by atoms with E-state index in [1.807, 2.05) is 36.1 Å². The molecule has 0 aliphatic heterocycles. The quantitative estimate of drug-likeness (QED) is 0.776. The van der Waals surface area contributed by atoms with Crippen molar-refractivity contribution in [3.05, 3.63) is 58.4 Å². The van der Waals surface area contributed by atoms with Crippen LogP contribution in [0.2, 0.25) is 0 Å². The number of fused-ring (bicyclic) bond motifs is 2. The van der Waals surface area contributed by atoms with Crippen LogP contribution in [0.3, 0.4) is 0 Å². The number of para-hydroxylation sites is 1. The number of carbonyl (C=O) groups is 1. The molecule has 1 atom stereocenters. The predicted octanol–water partition coefficient (Wildman–Crippen LogP) is 1.71. The molecule has 134 valence electrons. The van der Waals surface area contributed by atoms with Gasteiger partial charge in [-0.1, -0.05) is 12.1 Å². The van der Waals surface area contributed by atoms with Gasteiger partial charge in [-0.05, 0) is 31.4 Å². The molecule has 26 heavy (non-hydrogen) atoms. The molecule has 0 saturated heterocycles. The number of benzene rings is 1. The highest BCUT2D eigenvalue weighted by molar-refractivity contribution is 5.77. The van der Waals surface area contributed by atoms with Crippen molar-refractivity contribution in [2.24, 2.45) is 7.05 Å². The van der Waals surface area contributed by atoms with Crippen LogP contribution in [-0.2, 0) is 24.8 Å². The standard InChI is InChI=1S/C19H21N5O2/c1-23-17-8-4-7-16(14(17)11-21-23)22-18(25)9-10-24-12-20-15-6-3-2-5-13(15)19(24)26/h2-3,5-6,11-12,16H,4,7-10H2,1H3,(H,22,25). The first-order chi connectivity index (χ1) is 12.6. The molecular weight excluding hydrogens is 330 g/mol. The zero-order valence-corrected chi connectivity index (χ0v) is 14.7.